The van der Waals surface area contributed by atoms with Crippen molar-refractivity contribution in [3.05, 3.63) is 59.0 Å². The maximum atomic E-state index is 12.4. The lowest BCUT2D eigenvalue weighted by atomic mass is 10.2. The molecule has 1 aromatic carbocycles. The molecule has 0 saturated heterocycles. The lowest BCUT2D eigenvalue weighted by molar-refractivity contribution is 0.341. The molecule has 0 aliphatic heterocycles. The molecule has 4 aromatic rings. The van der Waals surface area contributed by atoms with E-state index in [1.54, 1.807) is 10.7 Å². The fraction of sp³-hybridized carbons (Fsp3) is 0.118. The summed E-state index contributed by atoms with van der Waals surface area (Å²) >= 11 is 0. The molecule has 0 amide bonds. The SMILES string of the molecule is CCOc1ccccc1-c1nc2c(nn3ccccc23)c(=O)[nH]1. The van der Waals surface area contributed by atoms with E-state index in [-0.39, 0.29) is 5.56 Å². The first-order valence-corrected chi connectivity index (χ1v) is 7.37. The molecule has 0 saturated carbocycles. The molecule has 114 valence electrons. The van der Waals surface area contributed by atoms with Crippen molar-refractivity contribution in [1.82, 2.24) is 19.6 Å². The quantitative estimate of drug-likeness (QED) is 0.631. The number of nitrogens with zero attached hydrogens (tertiary/aromatic N) is 3. The third-order valence-corrected chi connectivity index (χ3v) is 3.63. The molecular weight excluding hydrogens is 292 g/mol. The number of benzene rings is 1. The van der Waals surface area contributed by atoms with Gasteiger partial charge in [-0.2, -0.15) is 5.10 Å². The van der Waals surface area contributed by atoms with E-state index in [0.29, 0.717) is 29.2 Å². The lowest BCUT2D eigenvalue weighted by Gasteiger charge is -2.08. The van der Waals surface area contributed by atoms with Crippen LogP contribution in [0, 0.1) is 0 Å². The van der Waals surface area contributed by atoms with Gasteiger partial charge in [-0.1, -0.05) is 18.2 Å². The molecule has 0 aliphatic carbocycles. The number of ether oxygens (including phenoxy) is 1. The van der Waals surface area contributed by atoms with Gasteiger partial charge in [0.05, 0.1) is 17.7 Å². The van der Waals surface area contributed by atoms with Gasteiger partial charge in [-0.25, -0.2) is 9.50 Å². The summed E-state index contributed by atoms with van der Waals surface area (Å²) in [5, 5.41) is 4.29. The minimum absolute atomic E-state index is 0.264. The molecule has 0 radical (unpaired) electrons. The number of aromatic amines is 1. The van der Waals surface area contributed by atoms with Gasteiger partial charge in [0.15, 0.2) is 5.52 Å². The van der Waals surface area contributed by atoms with Crippen LogP contribution in [0.5, 0.6) is 5.75 Å². The molecule has 0 fully saturated rings. The van der Waals surface area contributed by atoms with Crippen molar-refractivity contribution in [2.75, 3.05) is 6.61 Å². The first-order valence-electron chi connectivity index (χ1n) is 7.37. The molecule has 4 rings (SSSR count). The number of rotatable bonds is 3. The second kappa shape index (κ2) is 5.24. The van der Waals surface area contributed by atoms with Crippen LogP contribution in [0.4, 0.5) is 0 Å². The Hall–Kier alpha value is -3.15. The van der Waals surface area contributed by atoms with Crippen molar-refractivity contribution in [1.29, 1.82) is 0 Å². The number of H-pyrrole nitrogens is 1. The standard InChI is InChI=1S/C17H14N4O2/c1-2-23-13-9-4-3-7-11(13)16-18-14-12-8-5-6-10-21(12)20-15(14)17(22)19-16/h3-10H,2H2,1H3,(H,18,19,22). The summed E-state index contributed by atoms with van der Waals surface area (Å²) in [7, 11) is 0. The summed E-state index contributed by atoms with van der Waals surface area (Å²) in [6, 6.07) is 13.2. The number of pyridine rings is 1. The van der Waals surface area contributed by atoms with Crippen molar-refractivity contribution in [3.63, 3.8) is 0 Å². The van der Waals surface area contributed by atoms with Crippen LogP contribution in [0.25, 0.3) is 27.9 Å². The van der Waals surface area contributed by atoms with E-state index in [1.165, 1.54) is 0 Å². The number of hydrogen-bond donors (Lipinski definition) is 1. The second-order valence-electron chi connectivity index (χ2n) is 5.07. The number of para-hydroxylation sites is 1. The molecule has 6 heteroatoms. The van der Waals surface area contributed by atoms with Crippen molar-refractivity contribution in [3.8, 4) is 17.1 Å². The summed E-state index contributed by atoms with van der Waals surface area (Å²) in [5.41, 5.74) is 2.19. The summed E-state index contributed by atoms with van der Waals surface area (Å²) in [5.74, 6) is 1.17. The largest absolute Gasteiger partial charge is 0.493 e. The molecule has 0 spiro atoms. The van der Waals surface area contributed by atoms with Crippen LogP contribution in [0.3, 0.4) is 0 Å². The van der Waals surface area contributed by atoms with Crippen LogP contribution in [-0.4, -0.2) is 26.2 Å². The highest BCUT2D eigenvalue weighted by molar-refractivity contribution is 5.91. The Morgan fingerprint density at radius 2 is 1.96 bits per heavy atom. The third kappa shape index (κ3) is 2.15. The first kappa shape index (κ1) is 13.5. The van der Waals surface area contributed by atoms with Crippen LogP contribution >= 0.6 is 0 Å². The van der Waals surface area contributed by atoms with Gasteiger partial charge in [0.1, 0.15) is 17.1 Å². The van der Waals surface area contributed by atoms with E-state index < -0.39 is 0 Å². The molecule has 0 aliphatic rings. The smallest absolute Gasteiger partial charge is 0.279 e. The number of hydrogen-bond acceptors (Lipinski definition) is 4. The average Bonchev–Trinajstić information content (AvgIpc) is 2.95. The Balaban J connectivity index is 2.02. The van der Waals surface area contributed by atoms with Gasteiger partial charge in [0.2, 0.25) is 0 Å². The molecule has 1 N–H and O–H groups in total. The van der Waals surface area contributed by atoms with Gasteiger partial charge in [-0.05, 0) is 31.2 Å². The summed E-state index contributed by atoms with van der Waals surface area (Å²) < 4.78 is 7.29. The van der Waals surface area contributed by atoms with E-state index in [9.17, 15) is 4.79 Å². The number of nitrogens with one attached hydrogen (secondary N) is 1. The summed E-state index contributed by atoms with van der Waals surface area (Å²) in [6.45, 7) is 2.46. The zero-order valence-corrected chi connectivity index (χ0v) is 12.5. The Bertz CT molecular complexity index is 1070. The Morgan fingerprint density at radius 3 is 2.83 bits per heavy atom. The maximum absolute atomic E-state index is 12.4. The minimum Gasteiger partial charge on any atom is -0.493 e. The topological polar surface area (TPSA) is 72.3 Å². The van der Waals surface area contributed by atoms with Crippen LogP contribution in [0.15, 0.2) is 53.5 Å². The molecule has 0 bridgehead atoms. The zero-order chi connectivity index (χ0) is 15.8. The van der Waals surface area contributed by atoms with Crippen molar-refractivity contribution >= 4 is 16.6 Å². The van der Waals surface area contributed by atoms with Gasteiger partial charge >= 0.3 is 0 Å². The fourth-order valence-electron chi connectivity index (χ4n) is 2.63. The minimum atomic E-state index is -0.264. The molecule has 0 unspecified atom stereocenters. The molecule has 23 heavy (non-hydrogen) atoms. The fourth-order valence-corrected chi connectivity index (χ4v) is 2.63. The normalized spacial score (nSPS) is 11.2. The van der Waals surface area contributed by atoms with Gasteiger partial charge in [-0.3, -0.25) is 4.79 Å². The summed E-state index contributed by atoms with van der Waals surface area (Å²) in [6.07, 6.45) is 1.80. The van der Waals surface area contributed by atoms with Gasteiger partial charge in [0.25, 0.3) is 5.56 Å². The van der Waals surface area contributed by atoms with Crippen LogP contribution in [-0.2, 0) is 0 Å². The number of aromatic nitrogens is 4. The van der Waals surface area contributed by atoms with E-state index in [1.807, 2.05) is 49.4 Å². The lowest BCUT2D eigenvalue weighted by Crippen LogP contribution is -2.10. The van der Waals surface area contributed by atoms with Gasteiger partial charge in [0, 0.05) is 6.20 Å². The van der Waals surface area contributed by atoms with E-state index in [2.05, 4.69) is 15.1 Å². The monoisotopic (exact) mass is 306 g/mol. The Morgan fingerprint density at radius 1 is 1.13 bits per heavy atom. The average molecular weight is 306 g/mol. The maximum Gasteiger partial charge on any atom is 0.279 e. The molecule has 0 atom stereocenters. The number of fused-ring (bicyclic) bond motifs is 3. The van der Waals surface area contributed by atoms with E-state index in [4.69, 9.17) is 4.74 Å². The van der Waals surface area contributed by atoms with Crippen molar-refractivity contribution in [2.45, 2.75) is 6.92 Å². The molecule has 3 heterocycles. The molecule has 3 aromatic heterocycles. The highest BCUT2D eigenvalue weighted by Gasteiger charge is 2.14. The molecular formula is C17H14N4O2. The van der Waals surface area contributed by atoms with Crippen LogP contribution in [0.1, 0.15) is 6.92 Å². The first-order chi connectivity index (χ1) is 11.3. The highest BCUT2D eigenvalue weighted by atomic mass is 16.5. The van der Waals surface area contributed by atoms with Crippen LogP contribution < -0.4 is 10.3 Å². The summed E-state index contributed by atoms with van der Waals surface area (Å²) in [4.78, 5) is 19.8. The van der Waals surface area contributed by atoms with E-state index in [0.717, 1.165) is 11.1 Å². The Labute approximate surface area is 131 Å². The van der Waals surface area contributed by atoms with Gasteiger partial charge < -0.3 is 9.72 Å². The van der Waals surface area contributed by atoms with Crippen LogP contribution in [0.2, 0.25) is 0 Å². The van der Waals surface area contributed by atoms with Gasteiger partial charge in [-0.15, -0.1) is 0 Å². The zero-order valence-electron chi connectivity index (χ0n) is 12.5. The van der Waals surface area contributed by atoms with Crippen molar-refractivity contribution in [2.24, 2.45) is 0 Å². The third-order valence-electron chi connectivity index (χ3n) is 3.63. The predicted molar refractivity (Wildman–Crippen MR) is 87.7 cm³/mol. The Kier molecular flexibility index (Phi) is 3.08. The van der Waals surface area contributed by atoms with E-state index >= 15 is 0 Å². The van der Waals surface area contributed by atoms with Crippen molar-refractivity contribution < 1.29 is 4.74 Å². The highest BCUT2D eigenvalue weighted by Crippen LogP contribution is 2.27. The predicted octanol–water partition coefficient (Wildman–Crippen LogP) is 2.64. The second-order valence-corrected chi connectivity index (χ2v) is 5.07. The molecule has 6 nitrogen and oxygen atoms in total.